The molecule has 0 spiro atoms. The fraction of sp³-hybridized carbons (Fsp3) is 0.200. The minimum Gasteiger partial charge on any atom is -0.194 e. The molecular formula is C10H5BrF4. The number of rotatable bonds is 0. The fourth-order valence-electron chi connectivity index (χ4n) is 1.57. The number of allylic oxidation sites excluding steroid dienone is 1. The Morgan fingerprint density at radius 1 is 1.07 bits per heavy atom. The summed E-state index contributed by atoms with van der Waals surface area (Å²) in [6.07, 6.45) is 0. The number of hydrogen-bond acceptors (Lipinski definition) is 0. The van der Waals surface area contributed by atoms with E-state index in [1.54, 1.807) is 0 Å². The lowest BCUT2D eigenvalue weighted by molar-refractivity contribution is -0.172. The molecule has 15 heavy (non-hydrogen) atoms. The predicted molar refractivity (Wildman–Crippen MR) is 52.0 cm³/mol. The maximum absolute atomic E-state index is 13.3. The van der Waals surface area contributed by atoms with E-state index >= 15 is 0 Å². The summed E-state index contributed by atoms with van der Waals surface area (Å²) in [5.41, 5.74) is -1.68. The van der Waals surface area contributed by atoms with E-state index in [9.17, 15) is 17.6 Å². The van der Waals surface area contributed by atoms with Crippen LogP contribution < -0.4 is 0 Å². The van der Waals surface area contributed by atoms with Gasteiger partial charge in [0.05, 0.1) is 0 Å². The molecule has 0 aliphatic heterocycles. The molecule has 0 bridgehead atoms. The highest BCUT2D eigenvalue weighted by molar-refractivity contribution is 9.10. The van der Waals surface area contributed by atoms with Gasteiger partial charge in [0.1, 0.15) is 0 Å². The van der Waals surface area contributed by atoms with Gasteiger partial charge in [-0.15, -0.1) is 0 Å². The van der Waals surface area contributed by atoms with Crippen molar-refractivity contribution in [3.8, 4) is 0 Å². The Labute approximate surface area is 91.7 Å². The molecule has 1 aliphatic carbocycles. The van der Waals surface area contributed by atoms with Gasteiger partial charge in [-0.05, 0) is 17.7 Å². The molecule has 0 aromatic heterocycles. The van der Waals surface area contributed by atoms with Crippen LogP contribution in [0.2, 0.25) is 0 Å². The lowest BCUT2D eigenvalue weighted by atomic mass is 10.1. The van der Waals surface area contributed by atoms with Crippen molar-refractivity contribution in [2.24, 2.45) is 0 Å². The molecule has 0 atom stereocenters. The molecule has 0 N–H and O–H groups in total. The van der Waals surface area contributed by atoms with Crippen molar-refractivity contribution in [3.05, 3.63) is 40.4 Å². The van der Waals surface area contributed by atoms with Gasteiger partial charge in [0.15, 0.2) is 0 Å². The topological polar surface area (TPSA) is 0 Å². The zero-order valence-electron chi connectivity index (χ0n) is 7.33. The van der Waals surface area contributed by atoms with Crippen molar-refractivity contribution in [1.82, 2.24) is 0 Å². The molecule has 0 heterocycles. The summed E-state index contributed by atoms with van der Waals surface area (Å²) in [6, 6.07) is 3.53. The monoisotopic (exact) mass is 280 g/mol. The van der Waals surface area contributed by atoms with Crippen molar-refractivity contribution in [3.63, 3.8) is 0 Å². The van der Waals surface area contributed by atoms with E-state index < -0.39 is 23.0 Å². The smallest absolute Gasteiger partial charge is 0.194 e. The lowest BCUT2D eigenvalue weighted by Crippen LogP contribution is -2.32. The van der Waals surface area contributed by atoms with Crippen LogP contribution in [0.15, 0.2) is 29.3 Å². The molecular weight excluding hydrogens is 276 g/mol. The summed E-state index contributed by atoms with van der Waals surface area (Å²) < 4.78 is 53.4. The van der Waals surface area contributed by atoms with Crippen LogP contribution in [-0.4, -0.2) is 5.92 Å². The number of hydrogen-bond donors (Lipinski definition) is 0. The zero-order chi connectivity index (χ0) is 11.4. The second-order valence-corrected chi connectivity index (χ2v) is 4.23. The van der Waals surface area contributed by atoms with Crippen LogP contribution in [0.1, 0.15) is 11.1 Å². The Balaban J connectivity index is 2.74. The Morgan fingerprint density at radius 2 is 1.67 bits per heavy atom. The van der Waals surface area contributed by atoms with E-state index in [1.165, 1.54) is 12.1 Å². The van der Waals surface area contributed by atoms with Gasteiger partial charge >= 0.3 is 11.8 Å². The van der Waals surface area contributed by atoms with Gasteiger partial charge < -0.3 is 0 Å². The van der Waals surface area contributed by atoms with Gasteiger partial charge in [-0.3, -0.25) is 0 Å². The first-order chi connectivity index (χ1) is 6.78. The summed E-state index contributed by atoms with van der Waals surface area (Å²) in [4.78, 5) is 0. The minimum atomic E-state index is -4.20. The third kappa shape index (κ3) is 1.19. The first-order valence-electron chi connectivity index (χ1n) is 4.04. The third-order valence-electron chi connectivity index (χ3n) is 2.42. The minimum absolute atomic E-state index is 0.181. The molecule has 0 amide bonds. The normalized spacial score (nSPS) is 21.5. The molecule has 0 fully saturated rings. The molecule has 2 rings (SSSR count). The molecule has 0 nitrogen and oxygen atoms in total. The molecule has 0 unspecified atom stereocenters. The molecule has 1 aromatic carbocycles. The third-order valence-corrected chi connectivity index (χ3v) is 2.91. The van der Waals surface area contributed by atoms with Crippen LogP contribution in [0.25, 0.3) is 5.57 Å². The summed E-state index contributed by atoms with van der Waals surface area (Å²) in [7, 11) is 0. The van der Waals surface area contributed by atoms with E-state index in [-0.39, 0.29) is 5.56 Å². The molecule has 0 saturated heterocycles. The Bertz CT molecular complexity index is 451. The lowest BCUT2D eigenvalue weighted by Gasteiger charge is -2.19. The van der Waals surface area contributed by atoms with Crippen molar-refractivity contribution in [2.45, 2.75) is 11.8 Å². The number of halogens is 5. The molecule has 80 valence electrons. The Morgan fingerprint density at radius 3 is 2.27 bits per heavy atom. The first kappa shape index (κ1) is 10.7. The average molecular weight is 281 g/mol. The second kappa shape index (κ2) is 2.84. The van der Waals surface area contributed by atoms with Gasteiger partial charge in [-0.1, -0.05) is 28.6 Å². The van der Waals surface area contributed by atoms with Gasteiger partial charge in [-0.2, -0.15) is 17.6 Å². The van der Waals surface area contributed by atoms with Crippen LogP contribution in [0.5, 0.6) is 0 Å². The highest BCUT2D eigenvalue weighted by atomic mass is 79.9. The van der Waals surface area contributed by atoms with E-state index in [4.69, 9.17) is 0 Å². The molecule has 1 aliphatic rings. The Hall–Kier alpha value is -0.840. The maximum Gasteiger partial charge on any atom is 0.340 e. The molecule has 1 aromatic rings. The maximum atomic E-state index is 13.3. The van der Waals surface area contributed by atoms with Crippen molar-refractivity contribution in [2.75, 3.05) is 0 Å². The molecule has 0 radical (unpaired) electrons. The van der Waals surface area contributed by atoms with Crippen molar-refractivity contribution >= 4 is 21.5 Å². The summed E-state index contributed by atoms with van der Waals surface area (Å²) in [5, 5.41) is 0. The quantitative estimate of drug-likeness (QED) is 0.625. The van der Waals surface area contributed by atoms with Crippen LogP contribution in [0.4, 0.5) is 17.6 Å². The number of fused-ring (bicyclic) bond motifs is 1. The van der Waals surface area contributed by atoms with Crippen LogP contribution in [0, 0.1) is 0 Å². The zero-order valence-corrected chi connectivity index (χ0v) is 8.91. The van der Waals surface area contributed by atoms with Gasteiger partial charge in [0, 0.05) is 15.6 Å². The van der Waals surface area contributed by atoms with Crippen molar-refractivity contribution in [1.29, 1.82) is 0 Å². The standard InChI is InChI=1S/C10H5BrF4/c1-5-7-4-6(11)2-3-8(7)10(14,15)9(5,12)13/h2-4H,1H2. The van der Waals surface area contributed by atoms with E-state index in [0.29, 0.717) is 4.47 Å². The highest BCUT2D eigenvalue weighted by Crippen LogP contribution is 2.57. The largest absolute Gasteiger partial charge is 0.340 e. The average Bonchev–Trinajstić information content (AvgIpc) is 2.26. The highest BCUT2D eigenvalue weighted by Gasteiger charge is 2.65. The van der Waals surface area contributed by atoms with Gasteiger partial charge in [-0.25, -0.2) is 0 Å². The fourth-order valence-corrected chi connectivity index (χ4v) is 1.93. The van der Waals surface area contributed by atoms with Crippen LogP contribution in [-0.2, 0) is 5.92 Å². The summed E-state index contributed by atoms with van der Waals surface area (Å²) >= 11 is 3.04. The van der Waals surface area contributed by atoms with Gasteiger partial charge in [0.2, 0.25) is 0 Å². The van der Waals surface area contributed by atoms with Crippen molar-refractivity contribution < 1.29 is 17.6 Å². The van der Waals surface area contributed by atoms with E-state index in [0.717, 1.165) is 6.07 Å². The summed E-state index contributed by atoms with van der Waals surface area (Å²) in [5.74, 6) is -8.36. The van der Waals surface area contributed by atoms with Crippen LogP contribution in [0.3, 0.4) is 0 Å². The predicted octanol–water partition coefficient (Wildman–Crippen LogP) is 4.20. The van der Waals surface area contributed by atoms with E-state index in [1.807, 2.05) is 0 Å². The second-order valence-electron chi connectivity index (χ2n) is 3.32. The SMILES string of the molecule is C=C1c2cc(Br)ccc2C(F)(F)C1(F)F. The first-order valence-corrected chi connectivity index (χ1v) is 4.83. The number of alkyl halides is 4. The van der Waals surface area contributed by atoms with Gasteiger partial charge in [0.25, 0.3) is 0 Å². The van der Waals surface area contributed by atoms with E-state index in [2.05, 4.69) is 22.5 Å². The number of benzene rings is 1. The summed E-state index contributed by atoms with van der Waals surface area (Å²) in [6.45, 7) is 3.03. The molecule has 5 heteroatoms. The molecule has 0 saturated carbocycles. The Kier molecular flexibility index (Phi) is 2.02. The van der Waals surface area contributed by atoms with Crippen LogP contribution >= 0.6 is 15.9 Å².